The molecule has 0 aliphatic carbocycles. The van der Waals surface area contributed by atoms with Crippen LogP contribution in [0.25, 0.3) is 0 Å². The Morgan fingerprint density at radius 1 is 0.375 bits per heavy atom. The van der Waals surface area contributed by atoms with Gasteiger partial charge in [0.05, 0.1) is 0 Å². The third-order valence-corrected chi connectivity index (χ3v) is 12.5. The van der Waals surface area contributed by atoms with Gasteiger partial charge in [-0.2, -0.15) is 0 Å². The van der Waals surface area contributed by atoms with Crippen LogP contribution in [0.1, 0.15) is 66.8 Å². The number of hydrogen-bond acceptors (Lipinski definition) is 1. The lowest BCUT2D eigenvalue weighted by molar-refractivity contribution is 0.582. The predicted octanol–water partition coefficient (Wildman–Crippen LogP) is 5.35. The van der Waals surface area contributed by atoms with E-state index in [1.807, 2.05) is 0 Å². The average molecular weight is 445 g/mol. The third kappa shape index (κ3) is 3.49. The first-order valence-electron chi connectivity index (χ1n) is 11.7. The fourth-order valence-electron chi connectivity index (χ4n) is 5.20. The van der Waals surface area contributed by atoms with Crippen LogP contribution in [0.15, 0.2) is 18.2 Å². The zero-order valence-electron chi connectivity index (χ0n) is 22.2. The molecule has 0 aliphatic rings. The first-order chi connectivity index (χ1) is 14.7. The van der Waals surface area contributed by atoms with Gasteiger partial charge in [-0.1, -0.05) is 18.2 Å². The number of benzene rings is 3. The van der Waals surface area contributed by atoms with Gasteiger partial charge in [0.1, 0.15) is 0 Å². The van der Waals surface area contributed by atoms with Gasteiger partial charge in [-0.3, -0.25) is 0 Å². The van der Waals surface area contributed by atoms with Gasteiger partial charge in [0.15, 0.2) is 0 Å². The Balaban J connectivity index is 2.60. The maximum absolute atomic E-state index is 13.1. The van der Waals surface area contributed by atoms with Crippen molar-refractivity contribution < 1.29 is 4.80 Å². The van der Waals surface area contributed by atoms with Crippen LogP contribution in [0.2, 0.25) is 0 Å². The van der Waals surface area contributed by atoms with E-state index in [0.29, 0.717) is 0 Å². The molecule has 0 unspecified atom stereocenters. The molecule has 3 aromatic carbocycles. The highest BCUT2D eigenvalue weighted by Gasteiger charge is 2.43. The average Bonchev–Trinajstić information content (AvgIpc) is 2.76. The van der Waals surface area contributed by atoms with Gasteiger partial charge in [-0.25, -0.2) is 0 Å². The Labute approximate surface area is 196 Å². The maximum atomic E-state index is 13.1. The molecular weight excluding hydrogens is 404 g/mol. The molecule has 0 atom stereocenters. The van der Waals surface area contributed by atoms with Gasteiger partial charge >= 0.3 is 0 Å². The smallest absolute Gasteiger partial charge is 0.286 e. The van der Waals surface area contributed by atoms with Crippen LogP contribution in [0.4, 0.5) is 0 Å². The number of rotatable bonds is 3. The Morgan fingerprint density at radius 3 is 0.812 bits per heavy atom. The number of hydrogen-bond donors (Lipinski definition) is 1. The van der Waals surface area contributed by atoms with E-state index in [-0.39, 0.29) is 0 Å². The Hall–Kier alpha value is -2.16. The van der Waals surface area contributed by atoms with Gasteiger partial charge in [-0.05, 0) is 165 Å². The molecular formula is C30H40OSi. The Kier molecular flexibility index (Phi) is 6.36. The predicted molar refractivity (Wildman–Crippen MR) is 143 cm³/mol. The SMILES string of the molecule is Cc1cc([Si](O)(c2cc(C)c(C)c(C)c2C)c2cc(C)c(C)c(C)c2C)c(C)c(C)c1C. The van der Waals surface area contributed by atoms with Gasteiger partial charge in [-0.15, -0.1) is 0 Å². The van der Waals surface area contributed by atoms with Crippen molar-refractivity contribution in [1.82, 2.24) is 0 Å². The highest BCUT2D eigenvalue weighted by molar-refractivity contribution is 7.07. The van der Waals surface area contributed by atoms with Crippen molar-refractivity contribution in [2.75, 3.05) is 0 Å². The summed E-state index contributed by atoms with van der Waals surface area (Å²) in [6.45, 7) is 26.3. The summed E-state index contributed by atoms with van der Waals surface area (Å²) in [5.74, 6) is 0. The van der Waals surface area contributed by atoms with E-state index in [2.05, 4.69) is 101 Å². The van der Waals surface area contributed by atoms with Crippen molar-refractivity contribution in [3.05, 3.63) is 85.0 Å². The quantitative estimate of drug-likeness (QED) is 0.427. The van der Waals surface area contributed by atoms with Crippen molar-refractivity contribution in [3.8, 4) is 0 Å². The van der Waals surface area contributed by atoms with Crippen LogP contribution in [0.3, 0.4) is 0 Å². The molecule has 0 saturated carbocycles. The Bertz CT molecular complexity index is 1090. The molecule has 3 rings (SSSR count). The topological polar surface area (TPSA) is 20.2 Å². The highest BCUT2D eigenvalue weighted by atomic mass is 28.4. The molecule has 32 heavy (non-hydrogen) atoms. The van der Waals surface area contributed by atoms with E-state index >= 15 is 0 Å². The van der Waals surface area contributed by atoms with Crippen molar-refractivity contribution in [2.24, 2.45) is 0 Å². The standard InChI is InChI=1S/C30H40OSi/c1-16-13-28(25(10)22(7)19(16)4)32(31,29-14-17(2)20(5)23(8)26(29)11)30-15-18(3)21(6)24(9)27(30)12/h13-15,31H,1-12H3. The van der Waals surface area contributed by atoms with Crippen LogP contribution in [0.5, 0.6) is 0 Å². The lowest BCUT2D eigenvalue weighted by Gasteiger charge is -2.34. The molecule has 0 heterocycles. The molecule has 0 bridgehead atoms. The van der Waals surface area contributed by atoms with E-state index in [1.54, 1.807) is 0 Å². The fraction of sp³-hybridized carbons (Fsp3) is 0.400. The molecule has 0 radical (unpaired) electrons. The molecule has 0 aliphatic heterocycles. The van der Waals surface area contributed by atoms with E-state index in [0.717, 1.165) is 15.6 Å². The number of aryl methyl sites for hydroxylation is 3. The summed E-state index contributed by atoms with van der Waals surface area (Å²) in [4.78, 5) is 13.1. The zero-order valence-corrected chi connectivity index (χ0v) is 23.2. The minimum absolute atomic E-state index is 1.13. The van der Waals surface area contributed by atoms with E-state index in [1.165, 1.54) is 66.8 Å². The molecule has 170 valence electrons. The molecule has 1 N–H and O–H groups in total. The molecule has 0 saturated heterocycles. The summed E-state index contributed by atoms with van der Waals surface area (Å²) in [6.07, 6.45) is 0. The van der Waals surface area contributed by atoms with Crippen LogP contribution in [0, 0.1) is 83.1 Å². The van der Waals surface area contributed by atoms with Gasteiger partial charge in [0.2, 0.25) is 0 Å². The molecule has 0 aromatic heterocycles. The van der Waals surface area contributed by atoms with Crippen LogP contribution in [-0.2, 0) is 0 Å². The summed E-state index contributed by atoms with van der Waals surface area (Å²) in [5, 5.41) is 3.40. The van der Waals surface area contributed by atoms with Crippen molar-refractivity contribution in [1.29, 1.82) is 0 Å². The van der Waals surface area contributed by atoms with Crippen LogP contribution < -0.4 is 15.6 Å². The second-order valence-corrected chi connectivity index (χ2v) is 13.1. The summed E-state index contributed by atoms with van der Waals surface area (Å²) < 4.78 is 0. The van der Waals surface area contributed by atoms with Crippen molar-refractivity contribution in [3.63, 3.8) is 0 Å². The van der Waals surface area contributed by atoms with E-state index in [9.17, 15) is 4.80 Å². The zero-order chi connectivity index (χ0) is 24.3. The molecule has 2 heteroatoms. The lowest BCUT2D eigenvalue weighted by Crippen LogP contribution is -2.70. The van der Waals surface area contributed by atoms with Gasteiger partial charge in [0, 0.05) is 0 Å². The first kappa shape index (κ1) is 24.5. The maximum Gasteiger partial charge on any atom is 0.286 e. The molecule has 0 amide bonds. The van der Waals surface area contributed by atoms with Crippen molar-refractivity contribution in [2.45, 2.75) is 83.1 Å². The molecule has 3 aromatic rings. The minimum atomic E-state index is -3.27. The van der Waals surface area contributed by atoms with E-state index < -0.39 is 8.32 Å². The summed E-state index contributed by atoms with van der Waals surface area (Å²) in [6, 6.07) is 6.83. The van der Waals surface area contributed by atoms with Crippen LogP contribution >= 0.6 is 0 Å². The second-order valence-electron chi connectivity index (χ2n) is 10.1. The van der Waals surface area contributed by atoms with E-state index in [4.69, 9.17) is 0 Å². The van der Waals surface area contributed by atoms with Crippen molar-refractivity contribution >= 4 is 23.9 Å². The van der Waals surface area contributed by atoms with Gasteiger partial charge < -0.3 is 4.80 Å². The minimum Gasteiger partial charge on any atom is -0.421 e. The fourth-order valence-corrected chi connectivity index (χ4v) is 9.54. The van der Waals surface area contributed by atoms with Crippen LogP contribution in [-0.4, -0.2) is 13.1 Å². The summed E-state index contributed by atoms with van der Waals surface area (Å²) in [5.41, 5.74) is 15.3. The first-order valence-corrected chi connectivity index (χ1v) is 13.7. The third-order valence-electron chi connectivity index (χ3n) is 8.61. The van der Waals surface area contributed by atoms with Gasteiger partial charge in [0.25, 0.3) is 8.32 Å². The monoisotopic (exact) mass is 444 g/mol. The highest BCUT2D eigenvalue weighted by Crippen LogP contribution is 2.24. The Morgan fingerprint density at radius 2 is 0.594 bits per heavy atom. The molecule has 0 spiro atoms. The molecule has 0 fully saturated rings. The summed E-state index contributed by atoms with van der Waals surface area (Å²) in [7, 11) is -3.27. The summed E-state index contributed by atoms with van der Waals surface area (Å²) >= 11 is 0. The molecule has 1 nitrogen and oxygen atoms in total. The largest absolute Gasteiger partial charge is 0.421 e. The normalized spacial score (nSPS) is 11.9. The lowest BCUT2D eigenvalue weighted by atomic mass is 9.99. The second kappa shape index (κ2) is 8.32.